The van der Waals surface area contributed by atoms with Gasteiger partial charge in [0.1, 0.15) is 0 Å². The number of nitrogens with zero attached hydrogens (tertiary/aromatic N) is 1. The molecule has 0 aliphatic rings. The first-order valence-corrected chi connectivity index (χ1v) is 14.4. The van der Waals surface area contributed by atoms with Crippen LogP contribution in [0.3, 0.4) is 0 Å². The Balaban J connectivity index is 1.50. The fraction of sp³-hybridized carbons (Fsp3) is 0. The third-order valence-electron chi connectivity index (χ3n) is 7.83. The van der Waals surface area contributed by atoms with Crippen molar-refractivity contribution in [1.29, 1.82) is 0 Å². The molecule has 0 atom stereocenters. The quantitative estimate of drug-likeness (QED) is 0.220. The van der Waals surface area contributed by atoms with Gasteiger partial charge in [-0.2, -0.15) is 0 Å². The van der Waals surface area contributed by atoms with Gasteiger partial charge in [0.2, 0.25) is 0 Å². The van der Waals surface area contributed by atoms with Gasteiger partial charge in [-0.1, -0.05) is 109 Å². The highest BCUT2D eigenvalue weighted by Gasteiger charge is 2.20. The lowest BCUT2D eigenvalue weighted by molar-refractivity contribution is 1.30. The maximum atomic E-state index is 2.44. The average molecular weight is 528 g/mol. The number of hydrogen-bond acceptors (Lipinski definition) is 2. The Hall–Kier alpha value is -4.92. The van der Waals surface area contributed by atoms with E-state index in [2.05, 4.69) is 157 Å². The van der Waals surface area contributed by atoms with E-state index in [1.165, 1.54) is 58.5 Å². The number of rotatable bonds is 4. The van der Waals surface area contributed by atoms with Crippen molar-refractivity contribution < 1.29 is 0 Å². The van der Waals surface area contributed by atoms with Crippen LogP contribution in [0.1, 0.15) is 0 Å². The summed E-state index contributed by atoms with van der Waals surface area (Å²) in [4.78, 5) is 2.39. The average Bonchev–Trinajstić information content (AvgIpc) is 3.41. The molecule has 0 amide bonds. The summed E-state index contributed by atoms with van der Waals surface area (Å²) in [6.45, 7) is 0. The van der Waals surface area contributed by atoms with E-state index in [4.69, 9.17) is 0 Å². The first kappa shape index (κ1) is 23.0. The van der Waals surface area contributed by atoms with Crippen LogP contribution < -0.4 is 4.90 Å². The maximum Gasteiger partial charge on any atom is 0.0554 e. The molecule has 7 aromatic carbocycles. The van der Waals surface area contributed by atoms with Crippen molar-refractivity contribution in [2.45, 2.75) is 0 Å². The lowest BCUT2D eigenvalue weighted by Crippen LogP contribution is -2.09. The Morgan fingerprint density at radius 2 is 1.02 bits per heavy atom. The Labute approximate surface area is 237 Å². The summed E-state index contributed by atoms with van der Waals surface area (Å²) in [5, 5.41) is 7.74. The summed E-state index contributed by atoms with van der Waals surface area (Å²) in [6, 6.07) is 54.8. The minimum absolute atomic E-state index is 1.15. The first-order chi connectivity index (χ1) is 19.9. The Kier molecular flexibility index (Phi) is 5.39. The molecule has 40 heavy (non-hydrogen) atoms. The van der Waals surface area contributed by atoms with Crippen molar-refractivity contribution in [2.75, 3.05) is 4.90 Å². The molecule has 0 radical (unpaired) electrons. The lowest BCUT2D eigenvalue weighted by Gasteiger charge is -2.26. The number of anilines is 3. The van der Waals surface area contributed by atoms with E-state index < -0.39 is 0 Å². The number of fused-ring (bicyclic) bond motifs is 6. The highest BCUT2D eigenvalue weighted by molar-refractivity contribution is 7.26. The normalized spacial score (nSPS) is 11.5. The fourth-order valence-electron chi connectivity index (χ4n) is 6.08. The van der Waals surface area contributed by atoms with Crippen LogP contribution in [0.4, 0.5) is 17.1 Å². The first-order valence-electron chi connectivity index (χ1n) is 13.6. The van der Waals surface area contributed by atoms with Gasteiger partial charge in [-0.25, -0.2) is 0 Å². The number of hydrogen-bond donors (Lipinski definition) is 0. The van der Waals surface area contributed by atoms with Crippen molar-refractivity contribution in [3.8, 4) is 11.1 Å². The third-order valence-corrected chi connectivity index (χ3v) is 9.03. The predicted octanol–water partition coefficient (Wildman–Crippen LogP) is 11.5. The van der Waals surface area contributed by atoms with Crippen molar-refractivity contribution in [3.05, 3.63) is 152 Å². The second kappa shape index (κ2) is 9.37. The van der Waals surface area contributed by atoms with Crippen molar-refractivity contribution in [1.82, 2.24) is 0 Å². The lowest BCUT2D eigenvalue weighted by atomic mass is 9.92. The van der Waals surface area contributed by atoms with E-state index in [9.17, 15) is 0 Å². The molecule has 0 saturated heterocycles. The molecule has 1 aromatic heterocycles. The second-order valence-corrected chi connectivity index (χ2v) is 11.2. The van der Waals surface area contributed by atoms with Gasteiger partial charge >= 0.3 is 0 Å². The number of para-hydroxylation sites is 2. The Bertz CT molecular complexity index is 2120. The van der Waals surface area contributed by atoms with Crippen LogP contribution in [0.25, 0.3) is 52.8 Å². The zero-order valence-electron chi connectivity index (χ0n) is 21.8. The van der Waals surface area contributed by atoms with E-state index in [-0.39, 0.29) is 0 Å². The van der Waals surface area contributed by atoms with E-state index in [0.717, 1.165) is 11.4 Å². The molecule has 0 aliphatic carbocycles. The minimum Gasteiger partial charge on any atom is -0.310 e. The number of benzene rings is 7. The standard InChI is InChI=1S/C38H25NS/c1-3-15-27(16-4-1)39(28-17-5-2-6-18-28)35-23-12-24-36-37(35)34-25-33(31-20-9-10-21-32(31)38(34)40-36)30-22-11-14-26-13-7-8-19-29(26)30/h1-25H. The van der Waals surface area contributed by atoms with E-state index >= 15 is 0 Å². The molecule has 1 heterocycles. The molecule has 188 valence electrons. The largest absolute Gasteiger partial charge is 0.310 e. The van der Waals surface area contributed by atoms with Crippen molar-refractivity contribution in [2.24, 2.45) is 0 Å². The summed E-state index contributed by atoms with van der Waals surface area (Å²) in [7, 11) is 0. The summed E-state index contributed by atoms with van der Waals surface area (Å²) < 4.78 is 2.63. The molecule has 1 nitrogen and oxygen atoms in total. The van der Waals surface area contributed by atoms with Gasteiger partial charge < -0.3 is 4.90 Å². The second-order valence-electron chi connectivity index (χ2n) is 10.1. The van der Waals surface area contributed by atoms with Crippen LogP contribution in [0.15, 0.2) is 152 Å². The monoisotopic (exact) mass is 527 g/mol. The smallest absolute Gasteiger partial charge is 0.0554 e. The van der Waals surface area contributed by atoms with E-state index in [1.54, 1.807) is 0 Å². The predicted molar refractivity (Wildman–Crippen MR) is 174 cm³/mol. The summed E-state index contributed by atoms with van der Waals surface area (Å²) in [6.07, 6.45) is 0. The highest BCUT2D eigenvalue weighted by Crippen LogP contribution is 2.48. The Morgan fingerprint density at radius 3 is 1.77 bits per heavy atom. The van der Waals surface area contributed by atoms with E-state index in [0.29, 0.717) is 0 Å². The minimum atomic E-state index is 1.15. The topological polar surface area (TPSA) is 3.24 Å². The van der Waals surface area contributed by atoms with Crippen LogP contribution >= 0.6 is 11.3 Å². The summed E-state index contributed by atoms with van der Waals surface area (Å²) in [5.41, 5.74) is 6.04. The molecule has 0 N–H and O–H groups in total. The molecule has 0 saturated carbocycles. The zero-order valence-corrected chi connectivity index (χ0v) is 22.6. The van der Waals surface area contributed by atoms with Gasteiger partial charge in [0.05, 0.1) is 5.69 Å². The zero-order chi connectivity index (χ0) is 26.5. The molecule has 0 aliphatic heterocycles. The van der Waals surface area contributed by atoms with Gasteiger partial charge in [0.25, 0.3) is 0 Å². The Morgan fingerprint density at radius 1 is 0.425 bits per heavy atom. The SMILES string of the molecule is c1ccc(N(c2ccccc2)c2cccc3sc4c5ccccc5c(-c5cccc6ccccc56)cc4c23)cc1. The van der Waals surface area contributed by atoms with Gasteiger partial charge in [-0.3, -0.25) is 0 Å². The molecular weight excluding hydrogens is 502 g/mol. The molecule has 0 bridgehead atoms. The fourth-order valence-corrected chi connectivity index (χ4v) is 7.32. The van der Waals surface area contributed by atoms with Crippen molar-refractivity contribution >= 4 is 70.1 Å². The summed E-state index contributed by atoms with van der Waals surface area (Å²) >= 11 is 1.89. The van der Waals surface area contributed by atoms with Crippen LogP contribution in [0.5, 0.6) is 0 Å². The third kappa shape index (κ3) is 3.61. The molecule has 0 unspecified atom stereocenters. The van der Waals surface area contributed by atoms with Crippen LogP contribution in [0, 0.1) is 0 Å². The molecule has 8 rings (SSSR count). The molecular formula is C38H25NS. The van der Waals surface area contributed by atoms with E-state index in [1.807, 2.05) is 11.3 Å². The highest BCUT2D eigenvalue weighted by atomic mass is 32.1. The molecule has 2 heteroatoms. The van der Waals surface area contributed by atoms with Crippen LogP contribution in [0.2, 0.25) is 0 Å². The maximum absolute atomic E-state index is 2.44. The summed E-state index contributed by atoms with van der Waals surface area (Å²) in [5.74, 6) is 0. The van der Waals surface area contributed by atoms with Crippen molar-refractivity contribution in [3.63, 3.8) is 0 Å². The van der Waals surface area contributed by atoms with Gasteiger partial charge in [0.15, 0.2) is 0 Å². The van der Waals surface area contributed by atoms with Gasteiger partial charge in [-0.05, 0) is 69.8 Å². The molecule has 0 spiro atoms. The molecule has 8 aromatic rings. The van der Waals surface area contributed by atoms with Crippen LogP contribution in [-0.2, 0) is 0 Å². The van der Waals surface area contributed by atoms with Gasteiger partial charge in [0, 0.05) is 36.9 Å². The number of thiophene rings is 1. The van der Waals surface area contributed by atoms with Crippen LogP contribution in [-0.4, -0.2) is 0 Å². The van der Waals surface area contributed by atoms with Gasteiger partial charge in [-0.15, -0.1) is 11.3 Å². The molecule has 0 fully saturated rings.